The van der Waals surface area contributed by atoms with Gasteiger partial charge in [0.05, 0.1) is 33.1 Å². The Labute approximate surface area is 266 Å². The van der Waals surface area contributed by atoms with Crippen LogP contribution in [0.4, 0.5) is 0 Å². The summed E-state index contributed by atoms with van der Waals surface area (Å²) >= 11 is 0. The SMILES string of the molecule is O=c1c2ccccc2oc2nc3c4c5cc(-c6ccccc6)ccc5n(-c5nc(-c6ccccc6)c6ccccc6n5)c4ccc3n12. The lowest BCUT2D eigenvalue weighted by Crippen LogP contribution is -2.12. The molecule has 0 unspecified atom stereocenters. The summed E-state index contributed by atoms with van der Waals surface area (Å²) in [5.74, 6) is 0.808. The van der Waals surface area contributed by atoms with Crippen LogP contribution in [-0.2, 0) is 0 Å². The topological polar surface area (TPSA) is 78.2 Å². The lowest BCUT2D eigenvalue weighted by molar-refractivity contribution is 0.616. The first-order valence-electron chi connectivity index (χ1n) is 15.4. The maximum Gasteiger partial charge on any atom is 0.310 e. The van der Waals surface area contributed by atoms with Gasteiger partial charge >= 0.3 is 5.84 Å². The Morgan fingerprint density at radius 3 is 2.04 bits per heavy atom. The molecule has 4 heterocycles. The second-order valence-corrected chi connectivity index (χ2v) is 11.6. The largest absolute Gasteiger partial charge is 0.424 e. The van der Waals surface area contributed by atoms with Crippen LogP contribution in [-0.4, -0.2) is 23.9 Å². The predicted octanol–water partition coefficient (Wildman–Crippen LogP) is 8.97. The molecule has 0 spiro atoms. The molecule has 0 radical (unpaired) electrons. The summed E-state index contributed by atoms with van der Waals surface area (Å²) in [6.45, 7) is 0. The van der Waals surface area contributed by atoms with Gasteiger partial charge in [-0.15, -0.1) is 0 Å². The fourth-order valence-corrected chi connectivity index (χ4v) is 6.85. The van der Waals surface area contributed by atoms with E-state index >= 15 is 0 Å². The van der Waals surface area contributed by atoms with Crippen LogP contribution in [0.3, 0.4) is 0 Å². The van der Waals surface area contributed by atoms with Gasteiger partial charge in [0.2, 0.25) is 5.95 Å². The third kappa shape index (κ3) is 3.74. The van der Waals surface area contributed by atoms with Crippen LogP contribution in [0.15, 0.2) is 149 Å². The molecule has 0 fully saturated rings. The van der Waals surface area contributed by atoms with Crippen LogP contribution in [0.1, 0.15) is 0 Å². The summed E-state index contributed by atoms with van der Waals surface area (Å²) in [5, 5.41) is 3.36. The minimum Gasteiger partial charge on any atom is -0.424 e. The van der Waals surface area contributed by atoms with Gasteiger partial charge in [-0.1, -0.05) is 97.1 Å². The molecule has 7 heteroatoms. The Morgan fingerprint density at radius 2 is 1.21 bits per heavy atom. The van der Waals surface area contributed by atoms with Crippen molar-refractivity contribution in [2.45, 2.75) is 0 Å². The molecule has 7 nitrogen and oxygen atoms in total. The molecule has 47 heavy (non-hydrogen) atoms. The number of imidazole rings is 1. The van der Waals surface area contributed by atoms with Gasteiger partial charge < -0.3 is 4.42 Å². The number of hydrogen-bond donors (Lipinski definition) is 0. The van der Waals surface area contributed by atoms with Crippen LogP contribution in [0.2, 0.25) is 0 Å². The first kappa shape index (κ1) is 25.7. The van der Waals surface area contributed by atoms with Gasteiger partial charge in [0.15, 0.2) is 0 Å². The summed E-state index contributed by atoms with van der Waals surface area (Å²) in [6, 6.07) is 46.3. The Morgan fingerprint density at radius 1 is 0.532 bits per heavy atom. The molecule has 4 aromatic heterocycles. The van der Waals surface area contributed by atoms with Crippen LogP contribution < -0.4 is 5.56 Å². The van der Waals surface area contributed by atoms with Crippen molar-refractivity contribution in [1.29, 1.82) is 0 Å². The summed E-state index contributed by atoms with van der Waals surface area (Å²) in [7, 11) is 0. The standard InChI is InChI=1S/C40H23N5O2/c46-38-28-16-8-10-18-34(28)47-40-43-37-33(45(38)40)22-21-32-35(37)29-23-26(24-11-3-1-4-12-24)19-20-31(29)44(32)39-41-30-17-9-7-15-27(30)36(42-39)25-13-5-2-6-14-25/h1-23H. The molecule has 0 amide bonds. The van der Waals surface area contributed by atoms with Crippen LogP contribution >= 0.6 is 0 Å². The monoisotopic (exact) mass is 605 g/mol. The second-order valence-electron chi connectivity index (χ2n) is 11.6. The van der Waals surface area contributed by atoms with Gasteiger partial charge in [-0.2, -0.15) is 4.98 Å². The molecule has 0 atom stereocenters. The molecule has 6 aromatic carbocycles. The van der Waals surface area contributed by atoms with E-state index in [0.29, 0.717) is 28.0 Å². The molecular formula is C40H23N5O2. The molecule has 220 valence electrons. The van der Waals surface area contributed by atoms with Crippen molar-refractivity contribution in [2.75, 3.05) is 0 Å². The molecule has 10 rings (SSSR count). The third-order valence-corrected chi connectivity index (χ3v) is 8.99. The van der Waals surface area contributed by atoms with E-state index in [9.17, 15) is 4.79 Å². The van der Waals surface area contributed by atoms with E-state index in [0.717, 1.165) is 55.1 Å². The Balaban J connectivity index is 1.36. The zero-order valence-corrected chi connectivity index (χ0v) is 24.8. The van der Waals surface area contributed by atoms with Gasteiger partial charge in [0.1, 0.15) is 11.1 Å². The van der Waals surface area contributed by atoms with E-state index in [1.54, 1.807) is 16.5 Å². The number of nitrogens with zero attached hydrogens (tertiary/aromatic N) is 5. The van der Waals surface area contributed by atoms with E-state index in [1.807, 2.05) is 78.9 Å². The van der Waals surface area contributed by atoms with Crippen molar-refractivity contribution in [3.05, 3.63) is 150 Å². The highest BCUT2D eigenvalue weighted by Gasteiger charge is 2.22. The molecule has 0 N–H and O–H groups in total. The first-order chi connectivity index (χ1) is 23.2. The van der Waals surface area contributed by atoms with E-state index in [-0.39, 0.29) is 11.4 Å². The van der Waals surface area contributed by atoms with Crippen molar-refractivity contribution in [1.82, 2.24) is 23.9 Å². The summed E-state index contributed by atoms with van der Waals surface area (Å²) < 4.78 is 9.87. The number of aromatic nitrogens is 5. The van der Waals surface area contributed by atoms with Crippen molar-refractivity contribution < 1.29 is 4.42 Å². The van der Waals surface area contributed by atoms with Crippen LogP contribution in [0, 0.1) is 0 Å². The minimum atomic E-state index is -0.164. The fourth-order valence-electron chi connectivity index (χ4n) is 6.85. The average Bonchev–Trinajstić information content (AvgIpc) is 3.67. The van der Waals surface area contributed by atoms with Gasteiger partial charge in [-0.05, 0) is 53.6 Å². The normalized spacial score (nSPS) is 11.9. The highest BCUT2D eigenvalue weighted by molar-refractivity contribution is 6.20. The van der Waals surface area contributed by atoms with Crippen molar-refractivity contribution in [3.8, 4) is 28.3 Å². The van der Waals surface area contributed by atoms with Gasteiger partial charge in [0, 0.05) is 21.7 Å². The van der Waals surface area contributed by atoms with Gasteiger partial charge in [-0.3, -0.25) is 9.36 Å². The molecule has 0 bridgehead atoms. The Bertz CT molecular complexity index is 2920. The van der Waals surface area contributed by atoms with Crippen molar-refractivity contribution >= 4 is 60.6 Å². The lowest BCUT2D eigenvalue weighted by atomic mass is 10.0. The Hall–Kier alpha value is -6.60. The summed E-state index contributed by atoms with van der Waals surface area (Å²) in [4.78, 5) is 29.1. The molecule has 0 saturated heterocycles. The van der Waals surface area contributed by atoms with E-state index < -0.39 is 0 Å². The first-order valence-corrected chi connectivity index (χ1v) is 15.4. The van der Waals surface area contributed by atoms with E-state index in [1.165, 1.54) is 0 Å². The molecular weight excluding hydrogens is 582 g/mol. The lowest BCUT2D eigenvalue weighted by Gasteiger charge is -2.12. The zero-order valence-electron chi connectivity index (χ0n) is 24.8. The third-order valence-electron chi connectivity index (χ3n) is 8.99. The molecule has 10 aromatic rings. The van der Waals surface area contributed by atoms with Crippen LogP contribution in [0.5, 0.6) is 0 Å². The predicted molar refractivity (Wildman–Crippen MR) is 187 cm³/mol. The van der Waals surface area contributed by atoms with Crippen molar-refractivity contribution in [3.63, 3.8) is 0 Å². The van der Waals surface area contributed by atoms with Gasteiger partial charge in [0.25, 0.3) is 5.56 Å². The van der Waals surface area contributed by atoms with E-state index in [2.05, 4.69) is 53.1 Å². The summed E-state index contributed by atoms with van der Waals surface area (Å²) in [5.41, 5.74) is 8.41. The van der Waals surface area contributed by atoms with Gasteiger partial charge in [-0.25, -0.2) is 14.4 Å². The smallest absolute Gasteiger partial charge is 0.310 e. The fraction of sp³-hybridized carbons (Fsp3) is 0. The highest BCUT2D eigenvalue weighted by Crippen LogP contribution is 2.39. The van der Waals surface area contributed by atoms with Crippen molar-refractivity contribution in [2.24, 2.45) is 0 Å². The quantitative estimate of drug-likeness (QED) is 0.201. The zero-order chi connectivity index (χ0) is 31.1. The maximum atomic E-state index is 13.8. The average molecular weight is 606 g/mol. The molecule has 0 aliphatic rings. The maximum absolute atomic E-state index is 13.8. The van der Waals surface area contributed by atoms with Crippen LogP contribution in [0.25, 0.3) is 88.9 Å². The number of para-hydroxylation sites is 2. The minimum absolute atomic E-state index is 0.164. The second kappa shape index (κ2) is 9.70. The number of fused-ring (bicyclic) bond motifs is 9. The van der Waals surface area contributed by atoms with E-state index in [4.69, 9.17) is 19.4 Å². The molecule has 0 saturated carbocycles. The number of rotatable bonds is 3. The summed E-state index contributed by atoms with van der Waals surface area (Å²) in [6.07, 6.45) is 0. The highest BCUT2D eigenvalue weighted by atomic mass is 16.4. The number of hydrogen-bond acceptors (Lipinski definition) is 5. The number of benzene rings is 6. The molecule has 0 aliphatic carbocycles. The Kier molecular flexibility index (Phi) is 5.30. The molecule has 0 aliphatic heterocycles.